The topological polar surface area (TPSA) is 73.1 Å². The van der Waals surface area contributed by atoms with E-state index in [9.17, 15) is 0 Å². The van der Waals surface area contributed by atoms with Crippen LogP contribution in [-0.4, -0.2) is 23.6 Å². The Balaban J connectivity index is 1.92. The quantitative estimate of drug-likeness (QED) is 0.827. The van der Waals surface area contributed by atoms with Gasteiger partial charge in [0.05, 0.1) is 7.11 Å². The lowest BCUT2D eigenvalue weighted by molar-refractivity contribution is 0.414. The fourth-order valence-corrected chi connectivity index (χ4v) is 2.06. The first-order valence-electron chi connectivity index (χ1n) is 5.84. The molecule has 2 aromatic rings. The number of methoxy groups -OCH3 is 1. The molecular weight excluding hydrogens is 308 g/mol. The number of nitrogens with zero attached hydrogens (tertiary/aromatic N) is 2. The highest BCUT2D eigenvalue weighted by atomic mass is 79.9. The first-order valence-corrected chi connectivity index (χ1v) is 6.63. The van der Waals surface area contributed by atoms with Gasteiger partial charge in [0.15, 0.2) is 0 Å². The fourth-order valence-electron chi connectivity index (χ4n) is 1.66. The number of hydrogen-bond donors (Lipinski definition) is 2. The summed E-state index contributed by atoms with van der Waals surface area (Å²) < 4.78 is 5.85. The Kier molecular flexibility index (Phi) is 4.57. The van der Waals surface area contributed by atoms with Crippen molar-refractivity contribution in [1.82, 2.24) is 9.97 Å². The fraction of sp³-hybridized carbons (Fsp3) is 0.231. The molecule has 0 saturated heterocycles. The van der Waals surface area contributed by atoms with Gasteiger partial charge in [0.2, 0.25) is 5.95 Å². The summed E-state index contributed by atoms with van der Waals surface area (Å²) in [5.41, 5.74) is 6.83. The lowest BCUT2D eigenvalue weighted by atomic mass is 10.1. The average Bonchev–Trinajstić information content (AvgIpc) is 2.38. The number of anilines is 2. The Morgan fingerprint density at radius 1 is 1.32 bits per heavy atom. The number of rotatable bonds is 5. The Bertz CT molecular complexity index is 542. The highest BCUT2D eigenvalue weighted by molar-refractivity contribution is 9.10. The van der Waals surface area contributed by atoms with E-state index in [1.54, 1.807) is 13.2 Å². The second-order valence-corrected chi connectivity index (χ2v) is 4.78. The van der Waals surface area contributed by atoms with Gasteiger partial charge in [-0.25, -0.2) is 4.98 Å². The van der Waals surface area contributed by atoms with Crippen molar-refractivity contribution in [1.29, 1.82) is 0 Å². The van der Waals surface area contributed by atoms with Crippen LogP contribution in [0.4, 0.5) is 11.8 Å². The molecule has 0 aliphatic heterocycles. The van der Waals surface area contributed by atoms with E-state index in [-0.39, 0.29) is 0 Å². The van der Waals surface area contributed by atoms with Crippen molar-refractivity contribution in [2.24, 2.45) is 0 Å². The van der Waals surface area contributed by atoms with E-state index < -0.39 is 0 Å². The van der Waals surface area contributed by atoms with Crippen LogP contribution in [0.2, 0.25) is 0 Å². The minimum Gasteiger partial charge on any atom is -0.497 e. The Hall–Kier alpha value is -1.82. The van der Waals surface area contributed by atoms with E-state index in [2.05, 4.69) is 37.3 Å². The summed E-state index contributed by atoms with van der Waals surface area (Å²) in [6.07, 6.45) is 0.854. The SMILES string of the molecule is COc1cccc(CCNc2nc(N)cc(Br)n2)c1. The second-order valence-electron chi connectivity index (χ2n) is 3.97. The third kappa shape index (κ3) is 4.10. The van der Waals surface area contributed by atoms with Gasteiger partial charge in [0.25, 0.3) is 0 Å². The third-order valence-corrected chi connectivity index (χ3v) is 2.95. The smallest absolute Gasteiger partial charge is 0.225 e. The average molecular weight is 323 g/mol. The van der Waals surface area contributed by atoms with Crippen LogP contribution in [0, 0.1) is 0 Å². The zero-order valence-corrected chi connectivity index (χ0v) is 12.1. The summed E-state index contributed by atoms with van der Waals surface area (Å²) >= 11 is 3.28. The highest BCUT2D eigenvalue weighted by Gasteiger charge is 2.01. The molecule has 100 valence electrons. The summed E-state index contributed by atoms with van der Waals surface area (Å²) in [6.45, 7) is 0.725. The number of aromatic nitrogens is 2. The standard InChI is InChI=1S/C13H15BrN4O/c1-19-10-4-2-3-9(7-10)5-6-16-13-17-11(14)8-12(15)18-13/h2-4,7-8H,5-6H2,1H3,(H3,15,16,17,18). The van der Waals surface area contributed by atoms with Gasteiger partial charge >= 0.3 is 0 Å². The van der Waals surface area contributed by atoms with Crippen LogP contribution in [0.1, 0.15) is 5.56 Å². The van der Waals surface area contributed by atoms with Gasteiger partial charge in [-0.3, -0.25) is 0 Å². The van der Waals surface area contributed by atoms with Gasteiger partial charge in [-0.05, 0) is 40.0 Å². The summed E-state index contributed by atoms with van der Waals surface area (Å²) in [4.78, 5) is 8.29. The lowest BCUT2D eigenvalue weighted by Gasteiger charge is -2.07. The maximum Gasteiger partial charge on any atom is 0.225 e. The molecule has 0 saturated carbocycles. The molecule has 19 heavy (non-hydrogen) atoms. The zero-order valence-electron chi connectivity index (χ0n) is 10.6. The molecule has 2 rings (SSSR count). The van der Waals surface area contributed by atoms with Crippen molar-refractivity contribution in [3.63, 3.8) is 0 Å². The summed E-state index contributed by atoms with van der Waals surface area (Å²) in [5, 5.41) is 3.14. The van der Waals surface area contributed by atoms with Crippen LogP contribution < -0.4 is 15.8 Å². The summed E-state index contributed by atoms with van der Waals surface area (Å²) in [7, 11) is 1.66. The van der Waals surface area contributed by atoms with Crippen LogP contribution in [0.3, 0.4) is 0 Å². The van der Waals surface area contributed by atoms with Gasteiger partial charge in [0, 0.05) is 12.6 Å². The van der Waals surface area contributed by atoms with Gasteiger partial charge in [-0.1, -0.05) is 12.1 Å². The minimum absolute atomic E-state index is 0.436. The van der Waals surface area contributed by atoms with E-state index in [1.165, 1.54) is 5.56 Å². The van der Waals surface area contributed by atoms with Gasteiger partial charge in [0.1, 0.15) is 16.2 Å². The van der Waals surface area contributed by atoms with Crippen molar-refractivity contribution >= 4 is 27.7 Å². The number of benzene rings is 1. The van der Waals surface area contributed by atoms with Crippen molar-refractivity contribution in [2.45, 2.75) is 6.42 Å². The van der Waals surface area contributed by atoms with E-state index in [0.717, 1.165) is 18.7 Å². The summed E-state index contributed by atoms with van der Waals surface area (Å²) in [5.74, 6) is 1.82. The Morgan fingerprint density at radius 2 is 2.16 bits per heavy atom. The number of ether oxygens (including phenoxy) is 1. The summed E-state index contributed by atoms with van der Waals surface area (Å²) in [6, 6.07) is 9.63. The van der Waals surface area contributed by atoms with E-state index in [1.807, 2.05) is 18.2 Å². The monoisotopic (exact) mass is 322 g/mol. The van der Waals surface area contributed by atoms with Crippen LogP contribution in [-0.2, 0) is 6.42 Å². The number of nitrogen functional groups attached to an aromatic ring is 1. The predicted molar refractivity (Wildman–Crippen MR) is 79.3 cm³/mol. The highest BCUT2D eigenvalue weighted by Crippen LogP contribution is 2.14. The lowest BCUT2D eigenvalue weighted by Crippen LogP contribution is -2.09. The molecule has 0 radical (unpaired) electrons. The van der Waals surface area contributed by atoms with E-state index in [0.29, 0.717) is 16.4 Å². The van der Waals surface area contributed by atoms with Crippen LogP contribution in [0.15, 0.2) is 34.9 Å². The Morgan fingerprint density at radius 3 is 2.89 bits per heavy atom. The number of nitrogens with one attached hydrogen (secondary N) is 1. The number of halogens is 1. The number of nitrogens with two attached hydrogens (primary N) is 1. The first kappa shape index (κ1) is 13.6. The third-order valence-electron chi connectivity index (χ3n) is 2.55. The van der Waals surface area contributed by atoms with E-state index >= 15 is 0 Å². The minimum atomic E-state index is 0.436. The van der Waals surface area contributed by atoms with Crippen LogP contribution in [0.5, 0.6) is 5.75 Å². The molecule has 1 aromatic carbocycles. The van der Waals surface area contributed by atoms with E-state index in [4.69, 9.17) is 10.5 Å². The first-order chi connectivity index (χ1) is 9.17. The molecule has 0 amide bonds. The van der Waals surface area contributed by atoms with Gasteiger partial charge in [-0.2, -0.15) is 4.98 Å². The van der Waals surface area contributed by atoms with Gasteiger partial charge in [-0.15, -0.1) is 0 Å². The molecule has 0 fully saturated rings. The second kappa shape index (κ2) is 6.38. The van der Waals surface area contributed by atoms with Crippen LogP contribution >= 0.6 is 15.9 Å². The molecular formula is C13H15BrN4O. The van der Waals surface area contributed by atoms with Crippen molar-refractivity contribution in [2.75, 3.05) is 24.7 Å². The molecule has 0 unspecified atom stereocenters. The largest absolute Gasteiger partial charge is 0.497 e. The maximum atomic E-state index is 5.64. The Labute approximate surface area is 120 Å². The molecule has 3 N–H and O–H groups in total. The normalized spacial score (nSPS) is 10.2. The molecule has 0 atom stereocenters. The molecule has 0 aliphatic rings. The number of hydrogen-bond acceptors (Lipinski definition) is 5. The molecule has 0 spiro atoms. The van der Waals surface area contributed by atoms with Crippen LogP contribution in [0.25, 0.3) is 0 Å². The van der Waals surface area contributed by atoms with Gasteiger partial charge < -0.3 is 15.8 Å². The predicted octanol–water partition coefficient (Wildman–Crippen LogP) is 2.48. The molecule has 0 bridgehead atoms. The molecule has 0 aliphatic carbocycles. The molecule has 5 nitrogen and oxygen atoms in total. The molecule has 1 aromatic heterocycles. The van der Waals surface area contributed by atoms with Crippen molar-refractivity contribution in [3.8, 4) is 5.75 Å². The van der Waals surface area contributed by atoms with Crippen molar-refractivity contribution < 1.29 is 4.74 Å². The molecule has 1 heterocycles. The maximum absolute atomic E-state index is 5.64. The zero-order chi connectivity index (χ0) is 13.7. The molecule has 6 heteroatoms. The van der Waals surface area contributed by atoms with Crippen molar-refractivity contribution in [3.05, 3.63) is 40.5 Å².